The highest BCUT2D eigenvalue weighted by molar-refractivity contribution is 6.04. The Balaban J connectivity index is 1.43. The van der Waals surface area contributed by atoms with Crippen LogP contribution in [0, 0.1) is 0 Å². The van der Waals surface area contributed by atoms with E-state index in [1.807, 2.05) is 0 Å². The van der Waals surface area contributed by atoms with Crippen LogP contribution in [0.25, 0.3) is 0 Å². The molecule has 0 saturated carbocycles. The van der Waals surface area contributed by atoms with E-state index in [4.69, 9.17) is 4.74 Å². The first kappa shape index (κ1) is 22.3. The zero-order valence-electron chi connectivity index (χ0n) is 17.7. The van der Waals surface area contributed by atoms with Crippen molar-refractivity contribution < 1.29 is 27.5 Å². The average molecular weight is 463 g/mol. The van der Waals surface area contributed by atoms with E-state index in [2.05, 4.69) is 25.7 Å². The van der Waals surface area contributed by atoms with Crippen LogP contribution in [0.4, 0.5) is 23.7 Å². The fraction of sp³-hybridized carbons (Fsp3) is 0.350. The largest absolute Gasteiger partial charge is 0.441 e. The summed E-state index contributed by atoms with van der Waals surface area (Å²) < 4.78 is 46.9. The van der Waals surface area contributed by atoms with E-state index in [1.165, 1.54) is 17.1 Å². The molecule has 3 aromatic rings. The van der Waals surface area contributed by atoms with Crippen LogP contribution in [-0.2, 0) is 38.0 Å². The van der Waals surface area contributed by atoms with E-state index in [1.54, 1.807) is 24.9 Å². The Hall–Kier alpha value is -3.90. The minimum atomic E-state index is -4.62. The van der Waals surface area contributed by atoms with Crippen molar-refractivity contribution in [2.45, 2.75) is 31.7 Å². The summed E-state index contributed by atoms with van der Waals surface area (Å²) in [6.07, 6.45) is -0.00628. The smallest absolute Gasteiger partial charge is 0.433 e. The molecule has 174 valence electrons. The minimum absolute atomic E-state index is 0.0170. The van der Waals surface area contributed by atoms with E-state index in [0.29, 0.717) is 24.4 Å². The van der Waals surface area contributed by atoms with Gasteiger partial charge in [-0.1, -0.05) is 0 Å². The topological polar surface area (TPSA) is 116 Å². The number of anilines is 1. The van der Waals surface area contributed by atoms with Crippen LogP contribution < -0.4 is 10.6 Å². The molecule has 1 unspecified atom stereocenters. The van der Waals surface area contributed by atoms with Crippen LogP contribution in [0.2, 0.25) is 0 Å². The normalized spacial score (nSPS) is 15.2. The van der Waals surface area contributed by atoms with Crippen LogP contribution in [0.5, 0.6) is 0 Å². The Kier molecular flexibility index (Phi) is 5.78. The number of amides is 2. The lowest BCUT2D eigenvalue weighted by Gasteiger charge is -2.12. The summed E-state index contributed by atoms with van der Waals surface area (Å²) in [5.41, 5.74) is 0.668. The molecule has 10 nitrogen and oxygen atoms in total. The zero-order valence-corrected chi connectivity index (χ0v) is 17.7. The highest BCUT2D eigenvalue weighted by Gasteiger charge is 2.34. The molecule has 0 saturated heterocycles. The van der Waals surface area contributed by atoms with Crippen LogP contribution in [0.1, 0.15) is 45.6 Å². The average Bonchev–Trinajstić information content (AvgIpc) is 3.42. The van der Waals surface area contributed by atoms with Crippen molar-refractivity contribution in [1.29, 1.82) is 0 Å². The van der Waals surface area contributed by atoms with Crippen molar-refractivity contribution in [3.05, 3.63) is 59.2 Å². The van der Waals surface area contributed by atoms with Crippen molar-refractivity contribution in [2.24, 2.45) is 14.1 Å². The monoisotopic (exact) mass is 463 g/mol. The first-order chi connectivity index (χ1) is 15.6. The molecule has 3 aromatic heterocycles. The number of alkyl halides is 3. The summed E-state index contributed by atoms with van der Waals surface area (Å²) in [6.45, 7) is -0.0828. The van der Waals surface area contributed by atoms with E-state index >= 15 is 0 Å². The van der Waals surface area contributed by atoms with Crippen molar-refractivity contribution >= 4 is 17.7 Å². The van der Waals surface area contributed by atoms with Crippen molar-refractivity contribution in [2.75, 3.05) is 5.32 Å². The van der Waals surface area contributed by atoms with Gasteiger partial charge in [-0.05, 0) is 36.1 Å². The highest BCUT2D eigenvalue weighted by Crippen LogP contribution is 2.35. The van der Waals surface area contributed by atoms with Gasteiger partial charge in [-0.2, -0.15) is 18.3 Å². The molecule has 33 heavy (non-hydrogen) atoms. The third-order valence-electron chi connectivity index (χ3n) is 5.17. The molecular weight excluding hydrogens is 443 g/mol. The van der Waals surface area contributed by atoms with Gasteiger partial charge in [0.25, 0.3) is 5.91 Å². The number of carbonyl (C=O) groups is 2. The summed E-state index contributed by atoms with van der Waals surface area (Å²) in [5, 5.41) is 9.28. The lowest BCUT2D eigenvalue weighted by atomic mass is 10.1. The summed E-state index contributed by atoms with van der Waals surface area (Å²) in [4.78, 5) is 32.3. The number of ether oxygens (including phenoxy) is 1. The fourth-order valence-corrected chi connectivity index (χ4v) is 3.77. The van der Waals surface area contributed by atoms with E-state index in [-0.39, 0.29) is 18.3 Å². The SMILES string of the molecule is Cn1cnc(COC(=O)NC2CCc3c2cn(C)c3C(=O)Nc2ccnc(C(F)(F)F)c2)n1. The Morgan fingerprint density at radius 2 is 2.06 bits per heavy atom. The van der Waals surface area contributed by atoms with Gasteiger partial charge >= 0.3 is 12.3 Å². The first-order valence-electron chi connectivity index (χ1n) is 9.92. The van der Waals surface area contributed by atoms with Gasteiger partial charge in [0.2, 0.25) is 0 Å². The summed E-state index contributed by atoms with van der Waals surface area (Å²) in [5.74, 6) is -0.189. The number of halogens is 3. The van der Waals surface area contributed by atoms with Crippen LogP contribution in [-0.4, -0.2) is 36.3 Å². The van der Waals surface area contributed by atoms with Gasteiger partial charge in [0.15, 0.2) is 12.4 Å². The molecule has 0 aliphatic heterocycles. The highest BCUT2D eigenvalue weighted by atomic mass is 19.4. The summed E-state index contributed by atoms with van der Waals surface area (Å²) in [6, 6.07) is 1.69. The second kappa shape index (κ2) is 8.56. The molecule has 1 aliphatic rings. The lowest BCUT2D eigenvalue weighted by molar-refractivity contribution is -0.141. The standard InChI is InChI=1S/C20H20F3N7O3/c1-29-8-13-12(3-4-14(13)27-19(32)33-9-16-25-10-30(2)28-16)17(29)18(31)26-11-5-6-24-15(7-11)20(21,22)23/h5-8,10,14H,3-4,9H2,1-2H3,(H,27,32)(H,24,26,31). The Bertz CT molecular complexity index is 1200. The number of aromatic nitrogens is 5. The second-order valence-corrected chi connectivity index (χ2v) is 7.55. The molecule has 1 atom stereocenters. The van der Waals surface area contributed by atoms with E-state index in [9.17, 15) is 22.8 Å². The van der Waals surface area contributed by atoms with E-state index in [0.717, 1.165) is 23.4 Å². The Morgan fingerprint density at radius 1 is 1.27 bits per heavy atom. The van der Waals surface area contributed by atoms with Gasteiger partial charge in [0, 0.05) is 32.2 Å². The first-order valence-corrected chi connectivity index (χ1v) is 9.92. The predicted octanol–water partition coefficient (Wildman–Crippen LogP) is 2.73. The van der Waals surface area contributed by atoms with Crippen molar-refractivity contribution in [1.82, 2.24) is 29.6 Å². The molecule has 2 amide bonds. The lowest BCUT2D eigenvalue weighted by Crippen LogP contribution is -2.27. The van der Waals surface area contributed by atoms with E-state index < -0.39 is 23.9 Å². The Morgan fingerprint density at radius 3 is 2.76 bits per heavy atom. The number of fused-ring (bicyclic) bond motifs is 1. The molecular formula is C20H20F3N7O3. The number of hydrogen-bond acceptors (Lipinski definition) is 6. The minimum Gasteiger partial charge on any atom is -0.441 e. The van der Waals surface area contributed by atoms with Gasteiger partial charge in [0.05, 0.1) is 6.04 Å². The predicted molar refractivity (Wildman–Crippen MR) is 108 cm³/mol. The third kappa shape index (κ3) is 4.81. The number of aryl methyl sites for hydroxylation is 2. The molecule has 2 N–H and O–H groups in total. The number of pyridine rings is 1. The molecule has 1 aliphatic carbocycles. The molecule has 0 bridgehead atoms. The van der Waals surface area contributed by atoms with Gasteiger partial charge in [-0.15, -0.1) is 0 Å². The molecule has 3 heterocycles. The van der Waals surface area contributed by atoms with Crippen LogP contribution in [0.3, 0.4) is 0 Å². The molecule has 0 fully saturated rings. The number of hydrogen-bond donors (Lipinski definition) is 2. The third-order valence-corrected chi connectivity index (χ3v) is 5.17. The van der Waals surface area contributed by atoms with Gasteiger partial charge in [0.1, 0.15) is 17.7 Å². The summed E-state index contributed by atoms with van der Waals surface area (Å²) in [7, 11) is 3.35. The maximum atomic E-state index is 12.9. The second-order valence-electron chi connectivity index (χ2n) is 7.55. The molecule has 0 radical (unpaired) electrons. The van der Waals surface area contributed by atoms with Crippen LogP contribution in [0.15, 0.2) is 30.9 Å². The van der Waals surface area contributed by atoms with Gasteiger partial charge in [-0.3, -0.25) is 14.5 Å². The number of carbonyl (C=O) groups excluding carboxylic acids is 2. The zero-order chi connectivity index (χ0) is 23.8. The maximum absolute atomic E-state index is 12.9. The van der Waals surface area contributed by atoms with Crippen LogP contribution >= 0.6 is 0 Å². The fourth-order valence-electron chi connectivity index (χ4n) is 3.77. The quantitative estimate of drug-likeness (QED) is 0.601. The van der Waals surface area contributed by atoms with Crippen molar-refractivity contribution in [3.63, 3.8) is 0 Å². The molecule has 0 spiro atoms. The van der Waals surface area contributed by atoms with Crippen molar-refractivity contribution in [3.8, 4) is 0 Å². The molecule has 4 rings (SSSR count). The summed E-state index contributed by atoms with van der Waals surface area (Å²) >= 11 is 0. The van der Waals surface area contributed by atoms with Gasteiger partial charge in [-0.25, -0.2) is 9.78 Å². The Labute approximate surface area is 185 Å². The molecule has 13 heteroatoms. The van der Waals surface area contributed by atoms with Gasteiger partial charge < -0.3 is 19.9 Å². The number of alkyl carbamates (subject to hydrolysis) is 1. The number of rotatable bonds is 5. The maximum Gasteiger partial charge on any atom is 0.433 e. The number of nitrogens with zero attached hydrogens (tertiary/aromatic N) is 5. The molecule has 0 aromatic carbocycles. The number of nitrogens with one attached hydrogen (secondary N) is 2.